The Morgan fingerprint density at radius 2 is 2.05 bits per heavy atom. The average Bonchev–Trinajstić information content (AvgIpc) is 2.93. The maximum Gasteiger partial charge on any atom is 0.124 e. The number of fused-ring (bicyclic) bond motifs is 1. The molecule has 0 radical (unpaired) electrons. The van der Waals surface area contributed by atoms with Gasteiger partial charge in [-0.05, 0) is 25.0 Å². The third kappa shape index (κ3) is 2.26. The van der Waals surface area contributed by atoms with Crippen molar-refractivity contribution in [1.82, 2.24) is 10.3 Å². The van der Waals surface area contributed by atoms with E-state index < -0.39 is 0 Å². The first-order valence-corrected chi connectivity index (χ1v) is 8.38. The maximum absolute atomic E-state index is 6.17. The van der Waals surface area contributed by atoms with E-state index in [1.165, 1.54) is 36.8 Å². The molecule has 1 aliphatic carbocycles. The highest BCUT2D eigenvalue weighted by atomic mass is 32.1. The van der Waals surface area contributed by atoms with Gasteiger partial charge in [-0.2, -0.15) is 0 Å². The maximum atomic E-state index is 6.17. The van der Waals surface area contributed by atoms with Crippen LogP contribution in [0.2, 0.25) is 0 Å². The number of nitrogens with zero attached hydrogens (tertiary/aromatic N) is 1. The number of ether oxygens (including phenoxy) is 1. The minimum absolute atomic E-state index is 0.125. The number of para-hydroxylation sites is 1. The molecule has 3 nitrogen and oxygen atoms in total. The summed E-state index contributed by atoms with van der Waals surface area (Å²) in [6.07, 6.45) is 6.70. The topological polar surface area (TPSA) is 34.1 Å². The highest BCUT2D eigenvalue weighted by Gasteiger charge is 2.37. The monoisotopic (exact) mass is 288 g/mol. The Labute approximate surface area is 123 Å². The molecular weight excluding hydrogens is 268 g/mol. The second-order valence-electron chi connectivity index (χ2n) is 6.04. The lowest BCUT2D eigenvalue weighted by Crippen LogP contribution is -2.55. The predicted molar refractivity (Wildman–Crippen MR) is 82.1 cm³/mol. The summed E-state index contributed by atoms with van der Waals surface area (Å²) in [7, 11) is 0. The van der Waals surface area contributed by atoms with Crippen LogP contribution in [0.1, 0.15) is 43.2 Å². The molecule has 1 atom stereocenters. The van der Waals surface area contributed by atoms with Crippen LogP contribution in [-0.2, 0) is 4.74 Å². The summed E-state index contributed by atoms with van der Waals surface area (Å²) >= 11 is 1.76. The second kappa shape index (κ2) is 5.10. The van der Waals surface area contributed by atoms with E-state index in [4.69, 9.17) is 9.72 Å². The smallest absolute Gasteiger partial charge is 0.124 e. The minimum atomic E-state index is 0.125. The lowest BCUT2D eigenvalue weighted by Gasteiger charge is -2.43. The summed E-state index contributed by atoms with van der Waals surface area (Å²) in [4.78, 5) is 4.72. The third-order valence-electron chi connectivity index (χ3n) is 4.62. The van der Waals surface area contributed by atoms with E-state index in [0.717, 1.165) is 23.7 Å². The Morgan fingerprint density at radius 1 is 1.20 bits per heavy atom. The van der Waals surface area contributed by atoms with E-state index in [2.05, 4.69) is 23.5 Å². The van der Waals surface area contributed by atoms with Crippen LogP contribution in [0.3, 0.4) is 0 Å². The highest BCUT2D eigenvalue weighted by molar-refractivity contribution is 7.18. The molecular formula is C16H20N2OS. The lowest BCUT2D eigenvalue weighted by molar-refractivity contribution is -0.0466. The van der Waals surface area contributed by atoms with E-state index in [1.807, 2.05) is 6.07 Å². The molecule has 4 rings (SSSR count). The van der Waals surface area contributed by atoms with Crippen LogP contribution in [0.4, 0.5) is 0 Å². The molecule has 0 bridgehead atoms. The first kappa shape index (κ1) is 12.7. The summed E-state index contributed by atoms with van der Waals surface area (Å²) in [5.74, 6) is 0. The summed E-state index contributed by atoms with van der Waals surface area (Å²) in [5.41, 5.74) is 1.35. The van der Waals surface area contributed by atoms with E-state index in [0.29, 0.717) is 0 Å². The van der Waals surface area contributed by atoms with Crippen molar-refractivity contribution in [2.24, 2.45) is 0 Å². The molecule has 2 aromatic rings. The van der Waals surface area contributed by atoms with Crippen molar-refractivity contribution in [2.45, 2.75) is 43.7 Å². The zero-order valence-corrected chi connectivity index (χ0v) is 12.4. The fraction of sp³-hybridized carbons (Fsp3) is 0.562. The van der Waals surface area contributed by atoms with Crippen LogP contribution in [-0.4, -0.2) is 23.7 Å². The molecule has 1 aliphatic heterocycles. The van der Waals surface area contributed by atoms with Gasteiger partial charge >= 0.3 is 0 Å². The van der Waals surface area contributed by atoms with Gasteiger partial charge in [-0.1, -0.05) is 31.4 Å². The Kier molecular flexibility index (Phi) is 3.25. The molecule has 1 N–H and O–H groups in total. The van der Waals surface area contributed by atoms with Gasteiger partial charge in [0.25, 0.3) is 0 Å². The van der Waals surface area contributed by atoms with Crippen LogP contribution >= 0.6 is 11.3 Å². The minimum Gasteiger partial charge on any atom is -0.368 e. The highest BCUT2D eigenvalue weighted by Crippen LogP contribution is 2.35. The van der Waals surface area contributed by atoms with Gasteiger partial charge in [-0.15, -0.1) is 11.3 Å². The van der Waals surface area contributed by atoms with E-state index in [-0.39, 0.29) is 11.6 Å². The SMILES string of the molecule is c1ccc2sc(C3CNC4(CCCCC4)CO3)nc2c1. The van der Waals surface area contributed by atoms with Crippen molar-refractivity contribution in [3.63, 3.8) is 0 Å². The quantitative estimate of drug-likeness (QED) is 0.869. The number of thiazole rings is 1. The normalized spacial score (nSPS) is 26.1. The van der Waals surface area contributed by atoms with Crippen molar-refractivity contribution in [2.75, 3.05) is 13.2 Å². The molecule has 1 aromatic heterocycles. The van der Waals surface area contributed by atoms with Gasteiger partial charge in [0.1, 0.15) is 11.1 Å². The molecule has 1 unspecified atom stereocenters. The lowest BCUT2D eigenvalue weighted by atomic mass is 9.81. The number of benzene rings is 1. The molecule has 2 aliphatic rings. The van der Waals surface area contributed by atoms with Gasteiger partial charge < -0.3 is 10.1 Å². The molecule has 1 saturated heterocycles. The molecule has 4 heteroatoms. The van der Waals surface area contributed by atoms with Crippen molar-refractivity contribution in [3.05, 3.63) is 29.3 Å². The number of morpholine rings is 1. The van der Waals surface area contributed by atoms with Crippen molar-refractivity contribution in [1.29, 1.82) is 0 Å². The third-order valence-corrected chi connectivity index (χ3v) is 5.75. The van der Waals surface area contributed by atoms with Crippen molar-refractivity contribution < 1.29 is 4.74 Å². The molecule has 1 aromatic carbocycles. The van der Waals surface area contributed by atoms with Gasteiger partial charge in [0.2, 0.25) is 0 Å². The summed E-state index contributed by atoms with van der Waals surface area (Å²) in [5, 5.41) is 4.88. The van der Waals surface area contributed by atoms with Crippen LogP contribution in [0.5, 0.6) is 0 Å². The Hall–Kier alpha value is -0.970. The zero-order valence-electron chi connectivity index (χ0n) is 11.6. The summed E-state index contributed by atoms with van der Waals surface area (Å²) in [6.45, 7) is 1.74. The summed E-state index contributed by atoms with van der Waals surface area (Å²) in [6, 6.07) is 8.33. The number of nitrogens with one attached hydrogen (secondary N) is 1. The van der Waals surface area contributed by atoms with Crippen molar-refractivity contribution in [3.8, 4) is 0 Å². The van der Waals surface area contributed by atoms with Crippen LogP contribution in [0, 0.1) is 0 Å². The van der Waals surface area contributed by atoms with Gasteiger partial charge in [0, 0.05) is 12.1 Å². The van der Waals surface area contributed by atoms with E-state index in [9.17, 15) is 0 Å². The fourth-order valence-electron chi connectivity index (χ4n) is 3.42. The molecule has 0 amide bonds. The number of hydrogen-bond donors (Lipinski definition) is 1. The average molecular weight is 288 g/mol. The largest absolute Gasteiger partial charge is 0.368 e. The molecule has 2 fully saturated rings. The molecule has 20 heavy (non-hydrogen) atoms. The van der Waals surface area contributed by atoms with Gasteiger partial charge in [0.15, 0.2) is 0 Å². The van der Waals surface area contributed by atoms with Crippen LogP contribution in [0.15, 0.2) is 24.3 Å². The standard InChI is InChI=1S/C16H20N2OS/c1-4-8-16(9-5-1)11-19-13(10-17-16)15-18-12-6-2-3-7-14(12)20-15/h2-3,6-7,13,17H,1,4-5,8-11H2. The van der Waals surface area contributed by atoms with Gasteiger partial charge in [-0.25, -0.2) is 4.98 Å². The Balaban J connectivity index is 1.50. The first-order valence-electron chi connectivity index (χ1n) is 7.57. The zero-order chi connectivity index (χ0) is 13.4. The fourth-order valence-corrected chi connectivity index (χ4v) is 4.43. The van der Waals surface area contributed by atoms with Gasteiger partial charge in [0.05, 0.1) is 16.8 Å². The molecule has 1 saturated carbocycles. The van der Waals surface area contributed by atoms with Crippen molar-refractivity contribution >= 4 is 21.6 Å². The number of hydrogen-bond acceptors (Lipinski definition) is 4. The van der Waals surface area contributed by atoms with E-state index >= 15 is 0 Å². The van der Waals surface area contributed by atoms with Gasteiger partial charge in [-0.3, -0.25) is 0 Å². The van der Waals surface area contributed by atoms with Crippen LogP contribution < -0.4 is 5.32 Å². The second-order valence-corrected chi connectivity index (χ2v) is 7.10. The number of aromatic nitrogens is 1. The predicted octanol–water partition coefficient (Wildman–Crippen LogP) is 3.66. The first-order chi connectivity index (χ1) is 9.85. The van der Waals surface area contributed by atoms with E-state index in [1.54, 1.807) is 11.3 Å². The Bertz CT molecular complexity index is 560. The molecule has 2 heterocycles. The summed E-state index contributed by atoms with van der Waals surface area (Å²) < 4.78 is 7.43. The number of rotatable bonds is 1. The van der Waals surface area contributed by atoms with Crippen LogP contribution in [0.25, 0.3) is 10.2 Å². The Morgan fingerprint density at radius 3 is 2.80 bits per heavy atom. The molecule has 106 valence electrons. The molecule has 1 spiro atoms.